The third-order valence-corrected chi connectivity index (χ3v) is 6.10. The van der Waals surface area contributed by atoms with Gasteiger partial charge in [-0.2, -0.15) is 0 Å². The van der Waals surface area contributed by atoms with Crippen LogP contribution in [0.25, 0.3) is 9.88 Å². The normalized spacial score (nSPS) is 10.8. The van der Waals surface area contributed by atoms with Crippen molar-refractivity contribution in [2.45, 2.75) is 27.3 Å². The number of thiophene rings is 1. The number of thiazole rings is 1. The molecule has 0 aliphatic carbocycles. The van der Waals surface area contributed by atoms with Gasteiger partial charge in [-0.25, -0.2) is 4.98 Å². The molecular formula is C20H21N3O2S2. The lowest BCUT2D eigenvalue weighted by Crippen LogP contribution is -2.23. The number of rotatable bonds is 6. The molecule has 0 bridgehead atoms. The summed E-state index contributed by atoms with van der Waals surface area (Å²) in [6.07, 6.45) is 0. The summed E-state index contributed by atoms with van der Waals surface area (Å²) in [7, 11) is 0. The van der Waals surface area contributed by atoms with E-state index in [-0.39, 0.29) is 17.7 Å². The van der Waals surface area contributed by atoms with E-state index in [9.17, 15) is 9.59 Å². The van der Waals surface area contributed by atoms with Crippen LogP contribution in [0.3, 0.4) is 0 Å². The summed E-state index contributed by atoms with van der Waals surface area (Å²) in [4.78, 5) is 30.6. The summed E-state index contributed by atoms with van der Waals surface area (Å²) in [5.74, 6) is -0.248. The number of hydrogen-bond acceptors (Lipinski definition) is 5. The first kappa shape index (κ1) is 19.3. The number of aryl methyl sites for hydroxylation is 1. The van der Waals surface area contributed by atoms with Crippen molar-refractivity contribution in [3.63, 3.8) is 0 Å². The van der Waals surface area contributed by atoms with Crippen molar-refractivity contribution in [1.29, 1.82) is 0 Å². The van der Waals surface area contributed by atoms with Crippen molar-refractivity contribution < 1.29 is 9.59 Å². The molecule has 140 valence electrons. The van der Waals surface area contributed by atoms with Crippen molar-refractivity contribution in [3.8, 4) is 9.88 Å². The first-order valence-electron chi connectivity index (χ1n) is 8.63. The Kier molecular flexibility index (Phi) is 6.03. The molecule has 2 N–H and O–H groups in total. The Bertz CT molecular complexity index is 946. The molecule has 2 heterocycles. The minimum Gasteiger partial charge on any atom is -0.347 e. The van der Waals surface area contributed by atoms with Crippen molar-refractivity contribution in [2.24, 2.45) is 5.92 Å². The Morgan fingerprint density at radius 1 is 1.19 bits per heavy atom. The Hall–Kier alpha value is -2.51. The quantitative estimate of drug-likeness (QED) is 0.631. The van der Waals surface area contributed by atoms with E-state index in [4.69, 9.17) is 0 Å². The molecule has 0 atom stereocenters. The van der Waals surface area contributed by atoms with Gasteiger partial charge in [0, 0.05) is 18.2 Å². The molecule has 0 aliphatic heterocycles. The number of amides is 2. The molecule has 3 rings (SSSR count). The Morgan fingerprint density at radius 3 is 2.70 bits per heavy atom. The summed E-state index contributed by atoms with van der Waals surface area (Å²) in [5, 5.41) is 8.67. The molecule has 27 heavy (non-hydrogen) atoms. The number of nitrogens with one attached hydrogen (secondary N) is 2. The highest BCUT2D eigenvalue weighted by atomic mass is 32.1. The van der Waals surface area contributed by atoms with E-state index in [2.05, 4.69) is 15.6 Å². The molecule has 2 amide bonds. The van der Waals surface area contributed by atoms with Crippen molar-refractivity contribution in [2.75, 3.05) is 5.32 Å². The fraction of sp³-hybridized carbons (Fsp3) is 0.250. The van der Waals surface area contributed by atoms with Gasteiger partial charge in [-0.1, -0.05) is 32.0 Å². The molecule has 0 saturated carbocycles. The zero-order valence-electron chi connectivity index (χ0n) is 15.4. The molecule has 1 aromatic carbocycles. The van der Waals surface area contributed by atoms with E-state index >= 15 is 0 Å². The van der Waals surface area contributed by atoms with Gasteiger partial charge < -0.3 is 10.6 Å². The van der Waals surface area contributed by atoms with Crippen LogP contribution in [0.5, 0.6) is 0 Å². The molecule has 0 radical (unpaired) electrons. The monoisotopic (exact) mass is 399 g/mol. The van der Waals surface area contributed by atoms with E-state index in [1.165, 1.54) is 11.3 Å². The lowest BCUT2D eigenvalue weighted by atomic mass is 10.1. The minimum atomic E-state index is -0.135. The SMILES string of the molecule is Cc1nc(-c2cccs2)sc1C(=O)NCc1cccc(NC(=O)C(C)C)c1. The summed E-state index contributed by atoms with van der Waals surface area (Å²) < 4.78 is 0. The van der Waals surface area contributed by atoms with E-state index < -0.39 is 0 Å². The van der Waals surface area contributed by atoms with Crippen LogP contribution in [0.2, 0.25) is 0 Å². The number of hydrogen-bond donors (Lipinski definition) is 2. The number of carbonyl (C=O) groups is 2. The first-order chi connectivity index (χ1) is 12.9. The predicted molar refractivity (Wildman–Crippen MR) is 111 cm³/mol. The van der Waals surface area contributed by atoms with E-state index in [0.717, 1.165) is 26.8 Å². The lowest BCUT2D eigenvalue weighted by Gasteiger charge is -2.10. The fourth-order valence-corrected chi connectivity index (χ4v) is 4.20. The highest BCUT2D eigenvalue weighted by molar-refractivity contribution is 7.22. The minimum absolute atomic E-state index is 0.0300. The second-order valence-corrected chi connectivity index (χ2v) is 8.38. The summed E-state index contributed by atoms with van der Waals surface area (Å²) in [6.45, 7) is 5.93. The molecule has 7 heteroatoms. The highest BCUT2D eigenvalue weighted by Crippen LogP contribution is 2.31. The van der Waals surface area contributed by atoms with Gasteiger partial charge >= 0.3 is 0 Å². The third kappa shape index (κ3) is 4.81. The Labute approximate surface area is 166 Å². The molecule has 5 nitrogen and oxygen atoms in total. The molecule has 0 aliphatic rings. The van der Waals surface area contributed by atoms with Crippen LogP contribution in [-0.2, 0) is 11.3 Å². The van der Waals surface area contributed by atoms with Crippen molar-refractivity contribution in [3.05, 3.63) is 57.9 Å². The molecule has 0 fully saturated rings. The summed E-state index contributed by atoms with van der Waals surface area (Å²) >= 11 is 3.02. The highest BCUT2D eigenvalue weighted by Gasteiger charge is 2.16. The third-order valence-electron chi connectivity index (χ3n) is 3.91. The van der Waals surface area contributed by atoms with Gasteiger partial charge in [0.05, 0.1) is 10.6 Å². The second-order valence-electron chi connectivity index (χ2n) is 6.44. The van der Waals surface area contributed by atoms with Gasteiger partial charge in [-0.05, 0) is 36.1 Å². The van der Waals surface area contributed by atoms with Crippen LogP contribution in [0.1, 0.15) is 34.8 Å². The average molecular weight is 400 g/mol. The van der Waals surface area contributed by atoms with Crippen LogP contribution >= 0.6 is 22.7 Å². The van der Waals surface area contributed by atoms with Gasteiger partial charge in [0.25, 0.3) is 5.91 Å². The van der Waals surface area contributed by atoms with E-state index in [1.54, 1.807) is 11.3 Å². The standard InChI is InChI=1S/C20H21N3O2S2/c1-12(2)18(24)23-15-7-4-6-14(10-15)11-21-19(25)17-13(3)22-20(27-17)16-8-5-9-26-16/h4-10,12H,11H2,1-3H3,(H,21,25)(H,23,24). The molecular weight excluding hydrogens is 378 g/mol. The summed E-state index contributed by atoms with van der Waals surface area (Å²) in [5.41, 5.74) is 2.39. The number of aromatic nitrogens is 1. The molecule has 0 spiro atoms. The lowest BCUT2D eigenvalue weighted by molar-refractivity contribution is -0.118. The zero-order valence-corrected chi connectivity index (χ0v) is 17.0. The van der Waals surface area contributed by atoms with Crippen LogP contribution in [0, 0.1) is 12.8 Å². The predicted octanol–water partition coefficient (Wildman–Crippen LogP) is 4.70. The smallest absolute Gasteiger partial charge is 0.263 e. The van der Waals surface area contributed by atoms with Crippen molar-refractivity contribution >= 4 is 40.2 Å². The number of carbonyl (C=O) groups excluding carboxylic acids is 2. The summed E-state index contributed by atoms with van der Waals surface area (Å²) in [6, 6.07) is 11.5. The van der Waals surface area contributed by atoms with Gasteiger partial charge in [-0.15, -0.1) is 22.7 Å². The van der Waals surface area contributed by atoms with E-state index in [1.807, 2.05) is 62.5 Å². The van der Waals surface area contributed by atoms with Crippen LogP contribution < -0.4 is 10.6 Å². The molecule has 3 aromatic rings. The van der Waals surface area contributed by atoms with Gasteiger partial charge in [0.15, 0.2) is 0 Å². The maximum Gasteiger partial charge on any atom is 0.263 e. The Morgan fingerprint density at radius 2 is 2.00 bits per heavy atom. The number of nitrogens with zero attached hydrogens (tertiary/aromatic N) is 1. The number of anilines is 1. The number of benzene rings is 1. The average Bonchev–Trinajstić information content (AvgIpc) is 3.29. The van der Waals surface area contributed by atoms with Gasteiger partial charge in [-0.3, -0.25) is 9.59 Å². The fourth-order valence-electron chi connectivity index (χ4n) is 2.42. The van der Waals surface area contributed by atoms with Crippen LogP contribution in [-0.4, -0.2) is 16.8 Å². The molecule has 0 unspecified atom stereocenters. The molecule has 2 aromatic heterocycles. The molecule has 0 saturated heterocycles. The van der Waals surface area contributed by atoms with E-state index in [0.29, 0.717) is 11.4 Å². The largest absolute Gasteiger partial charge is 0.347 e. The topological polar surface area (TPSA) is 71.1 Å². The zero-order chi connectivity index (χ0) is 19.4. The maximum atomic E-state index is 12.6. The van der Waals surface area contributed by atoms with Gasteiger partial charge in [0.1, 0.15) is 9.88 Å². The first-order valence-corrected chi connectivity index (χ1v) is 10.3. The van der Waals surface area contributed by atoms with Gasteiger partial charge in [0.2, 0.25) is 5.91 Å². The second kappa shape index (κ2) is 8.45. The van der Waals surface area contributed by atoms with Crippen molar-refractivity contribution in [1.82, 2.24) is 10.3 Å². The van der Waals surface area contributed by atoms with Crippen LogP contribution in [0.4, 0.5) is 5.69 Å². The Balaban J connectivity index is 1.65. The maximum absolute atomic E-state index is 12.6. The van der Waals surface area contributed by atoms with Crippen LogP contribution in [0.15, 0.2) is 41.8 Å².